The minimum absolute atomic E-state index is 0.218. The van der Waals surface area contributed by atoms with E-state index < -0.39 is 6.10 Å². The van der Waals surface area contributed by atoms with Gasteiger partial charge in [0.2, 0.25) is 0 Å². The van der Waals surface area contributed by atoms with Crippen LogP contribution in [0.5, 0.6) is 0 Å². The van der Waals surface area contributed by atoms with Gasteiger partial charge in [-0.05, 0) is 25.2 Å². The maximum absolute atomic E-state index is 10.5. The van der Waals surface area contributed by atoms with Crippen LogP contribution in [0, 0.1) is 11.8 Å². The molecule has 3 nitrogen and oxygen atoms in total. The summed E-state index contributed by atoms with van der Waals surface area (Å²) >= 11 is 0. The van der Waals surface area contributed by atoms with Crippen molar-refractivity contribution >= 4 is 5.71 Å². The first-order chi connectivity index (χ1) is 9.15. The fourth-order valence-electron chi connectivity index (χ4n) is 2.69. The molecule has 0 aliphatic rings. The van der Waals surface area contributed by atoms with Gasteiger partial charge in [-0.3, -0.25) is 0 Å². The smallest absolute Gasteiger partial charge is 0.0984 e. The SMILES string of the molecule is CCCC[C@@H](CC)/C(=N\O)[C@@H](O)[C@@H](CC)CCCC. The van der Waals surface area contributed by atoms with E-state index in [1.807, 2.05) is 0 Å². The molecule has 0 aromatic rings. The normalized spacial score (nSPS) is 17.2. The van der Waals surface area contributed by atoms with Gasteiger partial charge in [-0.1, -0.05) is 65.0 Å². The van der Waals surface area contributed by atoms with Crippen LogP contribution in [0.3, 0.4) is 0 Å². The van der Waals surface area contributed by atoms with Crippen LogP contribution in [-0.2, 0) is 0 Å². The number of nitrogens with zero attached hydrogens (tertiary/aromatic N) is 1. The number of unbranched alkanes of at least 4 members (excludes halogenated alkanes) is 2. The number of hydrogen-bond donors (Lipinski definition) is 2. The lowest BCUT2D eigenvalue weighted by Gasteiger charge is -2.26. The van der Waals surface area contributed by atoms with Crippen LogP contribution >= 0.6 is 0 Å². The molecule has 0 bridgehead atoms. The van der Waals surface area contributed by atoms with Gasteiger partial charge in [0.1, 0.15) is 0 Å². The van der Waals surface area contributed by atoms with E-state index in [0.717, 1.165) is 51.4 Å². The molecule has 0 amide bonds. The van der Waals surface area contributed by atoms with Gasteiger partial charge >= 0.3 is 0 Å². The van der Waals surface area contributed by atoms with Gasteiger partial charge in [0.05, 0.1) is 11.8 Å². The highest BCUT2D eigenvalue weighted by molar-refractivity contribution is 5.90. The average Bonchev–Trinajstić information content (AvgIpc) is 2.44. The van der Waals surface area contributed by atoms with Crippen LogP contribution in [-0.4, -0.2) is 22.1 Å². The molecule has 0 heterocycles. The summed E-state index contributed by atoms with van der Waals surface area (Å²) in [7, 11) is 0. The number of oxime groups is 1. The largest absolute Gasteiger partial charge is 0.411 e. The molecule has 0 radical (unpaired) electrons. The predicted octanol–water partition coefficient (Wildman–Crippen LogP) is 4.61. The monoisotopic (exact) mass is 271 g/mol. The third kappa shape index (κ3) is 6.42. The minimum Gasteiger partial charge on any atom is -0.411 e. The first-order valence-corrected chi connectivity index (χ1v) is 8.05. The van der Waals surface area contributed by atoms with Crippen LogP contribution in [0.2, 0.25) is 0 Å². The molecule has 0 unspecified atom stereocenters. The molecular weight excluding hydrogens is 238 g/mol. The molecule has 0 aromatic heterocycles. The lowest BCUT2D eigenvalue weighted by molar-refractivity contribution is 0.146. The highest BCUT2D eigenvalue weighted by atomic mass is 16.4. The van der Waals surface area contributed by atoms with Crippen molar-refractivity contribution in [1.29, 1.82) is 0 Å². The van der Waals surface area contributed by atoms with Crippen LogP contribution in [0.1, 0.15) is 79.1 Å². The van der Waals surface area contributed by atoms with E-state index in [4.69, 9.17) is 0 Å². The molecule has 2 N–H and O–H groups in total. The van der Waals surface area contributed by atoms with Crippen LogP contribution < -0.4 is 0 Å². The van der Waals surface area contributed by atoms with Crippen molar-refractivity contribution in [3.05, 3.63) is 0 Å². The predicted molar refractivity (Wildman–Crippen MR) is 81.8 cm³/mol. The molecule has 3 heteroatoms. The van der Waals surface area contributed by atoms with Crippen LogP contribution in [0.25, 0.3) is 0 Å². The van der Waals surface area contributed by atoms with Gasteiger partial charge in [-0.15, -0.1) is 0 Å². The Morgan fingerprint density at radius 2 is 1.53 bits per heavy atom. The topological polar surface area (TPSA) is 52.8 Å². The van der Waals surface area contributed by atoms with Crippen molar-refractivity contribution in [2.45, 2.75) is 85.2 Å². The van der Waals surface area contributed by atoms with Crippen molar-refractivity contribution in [2.24, 2.45) is 17.0 Å². The molecule has 114 valence electrons. The minimum atomic E-state index is -0.580. The van der Waals surface area contributed by atoms with E-state index in [9.17, 15) is 10.3 Å². The molecule has 0 saturated carbocycles. The fraction of sp³-hybridized carbons (Fsp3) is 0.938. The van der Waals surface area contributed by atoms with Gasteiger partial charge < -0.3 is 10.3 Å². The van der Waals surface area contributed by atoms with Crippen molar-refractivity contribution in [2.75, 3.05) is 0 Å². The van der Waals surface area contributed by atoms with Gasteiger partial charge in [-0.2, -0.15) is 0 Å². The number of aliphatic hydroxyl groups is 1. The van der Waals surface area contributed by atoms with Gasteiger partial charge in [0.15, 0.2) is 0 Å². The molecule has 3 atom stereocenters. The third-order valence-corrected chi connectivity index (χ3v) is 4.14. The summed E-state index contributed by atoms with van der Waals surface area (Å²) in [4.78, 5) is 0. The second-order valence-corrected chi connectivity index (χ2v) is 5.53. The number of aliphatic hydroxyl groups excluding tert-OH is 1. The fourth-order valence-corrected chi connectivity index (χ4v) is 2.69. The van der Waals surface area contributed by atoms with Crippen molar-refractivity contribution in [1.82, 2.24) is 0 Å². The maximum Gasteiger partial charge on any atom is 0.0984 e. The zero-order valence-corrected chi connectivity index (χ0v) is 13.2. The highest BCUT2D eigenvalue weighted by Crippen LogP contribution is 2.24. The van der Waals surface area contributed by atoms with Crippen LogP contribution in [0.4, 0.5) is 0 Å². The Balaban J connectivity index is 4.69. The molecule has 0 saturated heterocycles. The summed E-state index contributed by atoms with van der Waals surface area (Å²) < 4.78 is 0. The average molecular weight is 271 g/mol. The second-order valence-electron chi connectivity index (χ2n) is 5.53. The molecular formula is C16H33NO2. The zero-order valence-electron chi connectivity index (χ0n) is 13.2. The lowest BCUT2D eigenvalue weighted by atomic mass is 9.83. The highest BCUT2D eigenvalue weighted by Gasteiger charge is 2.27. The summed E-state index contributed by atoms with van der Waals surface area (Å²) in [6, 6.07) is 0. The first kappa shape index (κ1) is 18.4. The van der Waals surface area contributed by atoms with Crippen LogP contribution in [0.15, 0.2) is 5.16 Å². The maximum atomic E-state index is 10.5. The van der Waals surface area contributed by atoms with Gasteiger partial charge in [0, 0.05) is 5.92 Å². The first-order valence-electron chi connectivity index (χ1n) is 8.05. The molecule has 0 rings (SSSR count). The second kappa shape index (κ2) is 11.3. The summed E-state index contributed by atoms with van der Waals surface area (Å²) in [6.45, 7) is 8.53. The summed E-state index contributed by atoms with van der Waals surface area (Å²) in [5, 5.41) is 23.3. The third-order valence-electron chi connectivity index (χ3n) is 4.14. The van der Waals surface area contributed by atoms with Crippen molar-refractivity contribution in [3.8, 4) is 0 Å². The summed E-state index contributed by atoms with van der Waals surface area (Å²) in [6.07, 6.45) is 7.83. The Morgan fingerprint density at radius 1 is 0.947 bits per heavy atom. The van der Waals surface area contributed by atoms with E-state index in [2.05, 4.69) is 32.9 Å². The Hall–Kier alpha value is -0.570. The van der Waals surface area contributed by atoms with Crippen molar-refractivity contribution in [3.63, 3.8) is 0 Å². The number of hydrogen-bond acceptors (Lipinski definition) is 3. The van der Waals surface area contributed by atoms with Crippen molar-refractivity contribution < 1.29 is 10.3 Å². The Labute approximate surface area is 119 Å². The zero-order chi connectivity index (χ0) is 14.7. The molecule has 0 spiro atoms. The van der Waals surface area contributed by atoms with E-state index in [0.29, 0.717) is 5.71 Å². The van der Waals surface area contributed by atoms with E-state index in [1.54, 1.807) is 0 Å². The Morgan fingerprint density at radius 3 is 1.95 bits per heavy atom. The summed E-state index contributed by atoms with van der Waals surface area (Å²) in [5.41, 5.74) is 0.610. The lowest BCUT2D eigenvalue weighted by Crippen LogP contribution is -2.34. The van der Waals surface area contributed by atoms with Gasteiger partial charge in [0.25, 0.3) is 0 Å². The molecule has 0 aliphatic carbocycles. The molecule has 0 aliphatic heterocycles. The number of rotatable bonds is 11. The standard InChI is InChI=1S/C16H33NO2/c1-5-9-11-13(7-3)15(17-19)16(18)14(8-4)12-10-6-2/h13-14,16,18-19H,5-12H2,1-4H3/b17-15+/t13-,14+,16+/m1/s1. The quantitative estimate of drug-likeness (QED) is 0.327. The molecule has 19 heavy (non-hydrogen) atoms. The van der Waals surface area contributed by atoms with E-state index in [-0.39, 0.29) is 11.8 Å². The molecule has 0 aromatic carbocycles. The molecule has 0 fully saturated rings. The van der Waals surface area contributed by atoms with E-state index >= 15 is 0 Å². The van der Waals surface area contributed by atoms with Gasteiger partial charge in [-0.25, -0.2) is 0 Å². The Kier molecular flexibility index (Phi) is 10.9. The Bertz CT molecular complexity index is 241. The van der Waals surface area contributed by atoms with E-state index in [1.165, 1.54) is 0 Å². The summed E-state index contributed by atoms with van der Waals surface area (Å²) in [5.74, 6) is 0.442.